The number of hydrogen-bond donors (Lipinski definition) is 0. The number of rotatable bonds is 3. The first-order chi connectivity index (χ1) is 12.7. The van der Waals surface area contributed by atoms with Crippen molar-refractivity contribution in [2.75, 3.05) is 31.1 Å². The SMILES string of the molecule is O=C(c1csc(-c2ccncc2)n1)N1CCN(c2ccc(F)cc2)CC1. The molecule has 1 saturated heterocycles. The summed E-state index contributed by atoms with van der Waals surface area (Å²) in [5, 5.41) is 2.63. The van der Waals surface area contributed by atoms with Crippen LogP contribution < -0.4 is 4.90 Å². The van der Waals surface area contributed by atoms with E-state index in [9.17, 15) is 9.18 Å². The minimum Gasteiger partial charge on any atom is -0.368 e. The van der Waals surface area contributed by atoms with Crippen molar-refractivity contribution < 1.29 is 9.18 Å². The van der Waals surface area contributed by atoms with Crippen molar-refractivity contribution >= 4 is 22.9 Å². The van der Waals surface area contributed by atoms with E-state index in [0.717, 1.165) is 29.3 Å². The number of amides is 1. The number of pyridine rings is 1. The number of anilines is 1. The number of nitrogens with zero attached hydrogens (tertiary/aromatic N) is 4. The summed E-state index contributed by atoms with van der Waals surface area (Å²) in [5.41, 5.74) is 2.43. The molecule has 26 heavy (non-hydrogen) atoms. The van der Waals surface area contributed by atoms with Gasteiger partial charge in [-0.15, -0.1) is 11.3 Å². The van der Waals surface area contributed by atoms with Gasteiger partial charge >= 0.3 is 0 Å². The van der Waals surface area contributed by atoms with Crippen LogP contribution in [0.25, 0.3) is 10.6 Å². The quantitative estimate of drug-likeness (QED) is 0.712. The molecule has 0 atom stereocenters. The van der Waals surface area contributed by atoms with E-state index in [0.29, 0.717) is 18.8 Å². The highest BCUT2D eigenvalue weighted by molar-refractivity contribution is 7.13. The van der Waals surface area contributed by atoms with Gasteiger partial charge in [-0.05, 0) is 36.4 Å². The Labute approximate surface area is 154 Å². The molecule has 0 bridgehead atoms. The lowest BCUT2D eigenvalue weighted by Crippen LogP contribution is -2.48. The number of piperazine rings is 1. The molecule has 1 aliphatic heterocycles. The molecule has 132 valence electrons. The topological polar surface area (TPSA) is 49.3 Å². The molecule has 1 amide bonds. The maximum atomic E-state index is 13.1. The van der Waals surface area contributed by atoms with Gasteiger partial charge < -0.3 is 9.80 Å². The fourth-order valence-corrected chi connectivity index (χ4v) is 3.78. The Morgan fingerprint density at radius 1 is 1.00 bits per heavy atom. The standard InChI is InChI=1S/C19H17FN4OS/c20-15-1-3-16(4-2-15)23-9-11-24(12-10-23)19(25)17-13-26-18(22-17)14-5-7-21-8-6-14/h1-8,13H,9-12H2. The third kappa shape index (κ3) is 3.43. The summed E-state index contributed by atoms with van der Waals surface area (Å²) in [4.78, 5) is 25.2. The van der Waals surface area contributed by atoms with Crippen LogP contribution in [0.1, 0.15) is 10.5 Å². The van der Waals surface area contributed by atoms with Crippen molar-refractivity contribution in [3.05, 3.63) is 65.7 Å². The zero-order valence-corrected chi connectivity index (χ0v) is 14.8. The highest BCUT2D eigenvalue weighted by atomic mass is 32.1. The normalized spacial score (nSPS) is 14.5. The number of hydrogen-bond acceptors (Lipinski definition) is 5. The third-order valence-electron chi connectivity index (χ3n) is 4.41. The van der Waals surface area contributed by atoms with Gasteiger partial charge in [0, 0.05) is 55.2 Å². The average molecular weight is 368 g/mol. The maximum Gasteiger partial charge on any atom is 0.273 e. The molecule has 0 saturated carbocycles. The van der Waals surface area contributed by atoms with Gasteiger partial charge in [0.2, 0.25) is 0 Å². The first kappa shape index (κ1) is 16.7. The van der Waals surface area contributed by atoms with Gasteiger partial charge in [-0.2, -0.15) is 0 Å². The second-order valence-electron chi connectivity index (χ2n) is 6.03. The van der Waals surface area contributed by atoms with E-state index in [2.05, 4.69) is 14.9 Å². The number of carbonyl (C=O) groups excluding carboxylic acids is 1. The van der Waals surface area contributed by atoms with Gasteiger partial charge in [-0.25, -0.2) is 9.37 Å². The minimum atomic E-state index is -0.240. The lowest BCUT2D eigenvalue weighted by molar-refractivity contribution is 0.0742. The van der Waals surface area contributed by atoms with Crippen molar-refractivity contribution in [3.63, 3.8) is 0 Å². The van der Waals surface area contributed by atoms with E-state index in [4.69, 9.17) is 0 Å². The maximum absolute atomic E-state index is 13.1. The summed E-state index contributed by atoms with van der Waals surface area (Å²) in [6.07, 6.45) is 3.43. The Kier molecular flexibility index (Phi) is 4.62. The number of thiazole rings is 1. The summed E-state index contributed by atoms with van der Waals surface area (Å²) in [6.45, 7) is 2.69. The summed E-state index contributed by atoms with van der Waals surface area (Å²) < 4.78 is 13.1. The van der Waals surface area contributed by atoms with Gasteiger partial charge in [0.25, 0.3) is 5.91 Å². The van der Waals surface area contributed by atoms with E-state index in [1.807, 2.05) is 22.4 Å². The molecule has 4 rings (SSSR count). The van der Waals surface area contributed by atoms with Crippen LogP contribution in [-0.2, 0) is 0 Å². The van der Waals surface area contributed by atoms with E-state index < -0.39 is 0 Å². The molecule has 5 nitrogen and oxygen atoms in total. The zero-order valence-electron chi connectivity index (χ0n) is 14.0. The molecule has 1 aromatic carbocycles. The second-order valence-corrected chi connectivity index (χ2v) is 6.89. The molecule has 0 radical (unpaired) electrons. The molecule has 0 aliphatic carbocycles. The van der Waals surface area contributed by atoms with Crippen LogP contribution in [-0.4, -0.2) is 47.0 Å². The highest BCUT2D eigenvalue weighted by Crippen LogP contribution is 2.24. The molecular formula is C19H17FN4OS. The predicted molar refractivity (Wildman–Crippen MR) is 99.9 cm³/mol. The molecule has 2 aromatic heterocycles. The van der Waals surface area contributed by atoms with Crippen molar-refractivity contribution in [1.29, 1.82) is 0 Å². The fraction of sp³-hybridized carbons (Fsp3) is 0.211. The lowest BCUT2D eigenvalue weighted by Gasteiger charge is -2.35. The largest absolute Gasteiger partial charge is 0.368 e. The summed E-state index contributed by atoms with van der Waals surface area (Å²) in [5.74, 6) is -0.281. The molecule has 0 spiro atoms. The molecule has 1 fully saturated rings. The second kappa shape index (κ2) is 7.21. The van der Waals surface area contributed by atoms with Crippen LogP contribution in [0.4, 0.5) is 10.1 Å². The minimum absolute atomic E-state index is 0.0414. The monoisotopic (exact) mass is 368 g/mol. The van der Waals surface area contributed by atoms with E-state index in [-0.39, 0.29) is 11.7 Å². The Hall–Kier alpha value is -2.80. The van der Waals surface area contributed by atoms with Gasteiger partial charge in [0.05, 0.1) is 0 Å². The summed E-state index contributed by atoms with van der Waals surface area (Å²) in [6, 6.07) is 10.2. The molecule has 1 aliphatic rings. The predicted octanol–water partition coefficient (Wildman–Crippen LogP) is 3.31. The lowest BCUT2D eigenvalue weighted by atomic mass is 10.2. The average Bonchev–Trinajstić information content (AvgIpc) is 3.19. The summed E-state index contributed by atoms with van der Waals surface area (Å²) in [7, 11) is 0. The van der Waals surface area contributed by atoms with Crippen molar-refractivity contribution in [2.45, 2.75) is 0 Å². The number of halogens is 1. The highest BCUT2D eigenvalue weighted by Gasteiger charge is 2.24. The van der Waals surface area contributed by atoms with Crippen LogP contribution in [0, 0.1) is 5.82 Å². The van der Waals surface area contributed by atoms with Crippen LogP contribution in [0.5, 0.6) is 0 Å². The van der Waals surface area contributed by atoms with Crippen LogP contribution in [0.3, 0.4) is 0 Å². The van der Waals surface area contributed by atoms with Crippen molar-refractivity contribution in [1.82, 2.24) is 14.9 Å². The molecular weight excluding hydrogens is 351 g/mol. The van der Waals surface area contributed by atoms with E-state index in [1.54, 1.807) is 24.5 Å². The number of aromatic nitrogens is 2. The first-order valence-electron chi connectivity index (χ1n) is 8.36. The third-order valence-corrected chi connectivity index (χ3v) is 5.30. The van der Waals surface area contributed by atoms with Gasteiger partial charge in [-0.1, -0.05) is 0 Å². The molecule has 3 heterocycles. The van der Waals surface area contributed by atoms with E-state index >= 15 is 0 Å². The Morgan fingerprint density at radius 3 is 2.38 bits per heavy atom. The fourth-order valence-electron chi connectivity index (χ4n) is 2.98. The van der Waals surface area contributed by atoms with Crippen molar-refractivity contribution in [3.8, 4) is 10.6 Å². The zero-order chi connectivity index (χ0) is 17.9. The van der Waals surface area contributed by atoms with Crippen LogP contribution >= 0.6 is 11.3 Å². The Bertz CT molecular complexity index is 889. The number of carbonyl (C=O) groups is 1. The van der Waals surface area contributed by atoms with Gasteiger partial charge in [-0.3, -0.25) is 9.78 Å². The van der Waals surface area contributed by atoms with Crippen LogP contribution in [0.2, 0.25) is 0 Å². The van der Waals surface area contributed by atoms with Gasteiger partial charge in [0.1, 0.15) is 16.5 Å². The van der Waals surface area contributed by atoms with Crippen molar-refractivity contribution in [2.24, 2.45) is 0 Å². The van der Waals surface area contributed by atoms with E-state index in [1.165, 1.54) is 23.5 Å². The smallest absolute Gasteiger partial charge is 0.273 e. The number of benzene rings is 1. The molecule has 0 N–H and O–H groups in total. The molecule has 7 heteroatoms. The molecule has 0 unspecified atom stereocenters. The van der Waals surface area contributed by atoms with Gasteiger partial charge in [0.15, 0.2) is 0 Å². The summed E-state index contributed by atoms with van der Waals surface area (Å²) >= 11 is 1.46. The van der Waals surface area contributed by atoms with Crippen LogP contribution in [0.15, 0.2) is 54.2 Å². The Balaban J connectivity index is 1.41. The Morgan fingerprint density at radius 2 is 1.69 bits per heavy atom. The molecule has 3 aromatic rings. The first-order valence-corrected chi connectivity index (χ1v) is 9.24.